The molecule has 162 valence electrons. The lowest BCUT2D eigenvalue weighted by Gasteiger charge is -2.27. The summed E-state index contributed by atoms with van der Waals surface area (Å²) in [6.07, 6.45) is 5.95. The van der Waals surface area contributed by atoms with Crippen LogP contribution in [0.1, 0.15) is 41.4 Å². The van der Waals surface area contributed by atoms with Crippen LogP contribution in [0.2, 0.25) is 0 Å². The first kappa shape index (κ1) is 21.1. The maximum Gasteiger partial charge on any atom is 0.191 e. The molecule has 0 saturated heterocycles. The van der Waals surface area contributed by atoms with Crippen molar-refractivity contribution < 1.29 is 0 Å². The number of hydrogen-bond acceptors (Lipinski definition) is 3. The molecule has 0 bridgehead atoms. The molecular formula is C25H32N6. The maximum atomic E-state index is 4.92. The van der Waals surface area contributed by atoms with Gasteiger partial charge in [-0.05, 0) is 48.4 Å². The number of benzene rings is 2. The molecule has 4 rings (SSSR count). The molecule has 0 amide bonds. The minimum atomic E-state index is 0.388. The summed E-state index contributed by atoms with van der Waals surface area (Å²) in [7, 11) is 0. The lowest BCUT2D eigenvalue weighted by molar-refractivity contribution is 0.517. The molecule has 0 spiro atoms. The molecule has 1 aromatic heterocycles. The number of aromatic nitrogens is 3. The summed E-state index contributed by atoms with van der Waals surface area (Å²) in [5.41, 5.74) is 5.45. The Labute approximate surface area is 184 Å². The van der Waals surface area contributed by atoms with E-state index in [1.54, 1.807) is 6.33 Å². The Kier molecular flexibility index (Phi) is 6.97. The maximum absolute atomic E-state index is 4.92. The zero-order chi connectivity index (χ0) is 21.5. The quantitative estimate of drug-likeness (QED) is 0.457. The second kappa shape index (κ2) is 10.2. The van der Waals surface area contributed by atoms with Crippen molar-refractivity contribution in [2.75, 3.05) is 6.54 Å². The van der Waals surface area contributed by atoms with Crippen molar-refractivity contribution in [3.63, 3.8) is 0 Å². The Morgan fingerprint density at radius 3 is 2.77 bits per heavy atom. The van der Waals surface area contributed by atoms with E-state index in [2.05, 4.69) is 87.8 Å². The number of nitrogens with one attached hydrogen (secondary N) is 2. The third-order valence-electron chi connectivity index (χ3n) is 6.01. The van der Waals surface area contributed by atoms with E-state index in [0.717, 1.165) is 50.6 Å². The number of rotatable bonds is 7. The SMILES string of the molecule is CCc1nncn1CCNC(=NCc1ccccc1C)NC1CCc2ccccc2C1. The van der Waals surface area contributed by atoms with Gasteiger partial charge in [0.25, 0.3) is 0 Å². The first-order valence-electron chi connectivity index (χ1n) is 11.3. The number of fused-ring (bicyclic) bond motifs is 1. The van der Waals surface area contributed by atoms with Crippen LogP contribution in [0.25, 0.3) is 0 Å². The van der Waals surface area contributed by atoms with Gasteiger partial charge in [-0.25, -0.2) is 4.99 Å². The standard InChI is InChI=1S/C25H32N6/c1-3-24-30-28-18-31(24)15-14-26-25(27-17-22-11-5-4-8-19(22)2)29-23-13-12-20-9-6-7-10-21(20)16-23/h4-11,18,23H,3,12-17H2,1-2H3,(H2,26,27,29). The van der Waals surface area contributed by atoms with Crippen LogP contribution in [0.3, 0.4) is 0 Å². The van der Waals surface area contributed by atoms with Crippen molar-refractivity contribution in [3.8, 4) is 0 Å². The van der Waals surface area contributed by atoms with E-state index in [9.17, 15) is 0 Å². The Bertz CT molecular complexity index is 1020. The minimum absolute atomic E-state index is 0.388. The predicted molar refractivity (Wildman–Crippen MR) is 125 cm³/mol. The molecule has 1 aliphatic carbocycles. The molecule has 1 aliphatic rings. The van der Waals surface area contributed by atoms with E-state index >= 15 is 0 Å². The third kappa shape index (κ3) is 5.51. The Morgan fingerprint density at radius 1 is 1.13 bits per heavy atom. The Hall–Kier alpha value is -3.15. The van der Waals surface area contributed by atoms with Crippen molar-refractivity contribution >= 4 is 5.96 Å². The monoisotopic (exact) mass is 416 g/mol. The van der Waals surface area contributed by atoms with Gasteiger partial charge < -0.3 is 15.2 Å². The first-order valence-corrected chi connectivity index (χ1v) is 11.3. The zero-order valence-corrected chi connectivity index (χ0v) is 18.5. The summed E-state index contributed by atoms with van der Waals surface area (Å²) in [5, 5.41) is 15.4. The zero-order valence-electron chi connectivity index (χ0n) is 18.5. The molecule has 0 fully saturated rings. The molecule has 2 N–H and O–H groups in total. The highest BCUT2D eigenvalue weighted by molar-refractivity contribution is 5.80. The van der Waals surface area contributed by atoms with Gasteiger partial charge >= 0.3 is 0 Å². The molecule has 0 radical (unpaired) electrons. The molecule has 31 heavy (non-hydrogen) atoms. The Morgan fingerprint density at radius 2 is 1.94 bits per heavy atom. The van der Waals surface area contributed by atoms with E-state index in [1.807, 2.05) is 0 Å². The van der Waals surface area contributed by atoms with Crippen molar-refractivity contribution in [2.24, 2.45) is 4.99 Å². The lowest BCUT2D eigenvalue weighted by atomic mass is 9.88. The molecule has 0 aliphatic heterocycles. The average molecular weight is 417 g/mol. The van der Waals surface area contributed by atoms with Crippen LogP contribution in [0, 0.1) is 6.92 Å². The number of aliphatic imine (C=N–C) groups is 1. The van der Waals surface area contributed by atoms with Gasteiger partial charge in [-0.3, -0.25) is 0 Å². The van der Waals surface area contributed by atoms with E-state index in [-0.39, 0.29) is 0 Å². The van der Waals surface area contributed by atoms with Crippen molar-refractivity contribution in [2.45, 2.75) is 58.7 Å². The normalized spacial score (nSPS) is 16.1. The van der Waals surface area contributed by atoms with E-state index < -0.39 is 0 Å². The van der Waals surface area contributed by atoms with Crippen LogP contribution in [0.4, 0.5) is 0 Å². The summed E-state index contributed by atoms with van der Waals surface area (Å²) >= 11 is 0. The number of nitrogens with zero attached hydrogens (tertiary/aromatic N) is 4. The minimum Gasteiger partial charge on any atom is -0.355 e. The average Bonchev–Trinajstić information content (AvgIpc) is 3.25. The van der Waals surface area contributed by atoms with Gasteiger partial charge in [0, 0.05) is 25.6 Å². The highest BCUT2D eigenvalue weighted by Crippen LogP contribution is 2.21. The van der Waals surface area contributed by atoms with E-state index in [4.69, 9.17) is 4.99 Å². The summed E-state index contributed by atoms with van der Waals surface area (Å²) < 4.78 is 2.10. The summed E-state index contributed by atoms with van der Waals surface area (Å²) in [6.45, 7) is 6.49. The molecule has 6 nitrogen and oxygen atoms in total. The molecule has 6 heteroatoms. The van der Waals surface area contributed by atoms with Gasteiger partial charge in [0.15, 0.2) is 5.96 Å². The largest absolute Gasteiger partial charge is 0.355 e. The van der Waals surface area contributed by atoms with Gasteiger partial charge in [-0.2, -0.15) is 0 Å². The van der Waals surface area contributed by atoms with Crippen LogP contribution in [0.5, 0.6) is 0 Å². The molecule has 1 atom stereocenters. The number of guanidine groups is 1. The second-order valence-electron chi connectivity index (χ2n) is 8.16. The van der Waals surface area contributed by atoms with Crippen LogP contribution >= 0.6 is 0 Å². The van der Waals surface area contributed by atoms with Crippen LogP contribution in [-0.2, 0) is 32.4 Å². The fraction of sp³-hybridized carbons (Fsp3) is 0.400. The van der Waals surface area contributed by atoms with Crippen LogP contribution < -0.4 is 10.6 Å². The van der Waals surface area contributed by atoms with Gasteiger partial charge in [0.05, 0.1) is 6.54 Å². The molecule has 3 aromatic rings. The number of hydrogen-bond donors (Lipinski definition) is 2. The van der Waals surface area contributed by atoms with Crippen molar-refractivity contribution in [1.82, 2.24) is 25.4 Å². The fourth-order valence-corrected chi connectivity index (χ4v) is 4.15. The lowest BCUT2D eigenvalue weighted by Crippen LogP contribution is -2.46. The number of aryl methyl sites for hydroxylation is 3. The van der Waals surface area contributed by atoms with Gasteiger partial charge in [0.2, 0.25) is 0 Å². The third-order valence-corrected chi connectivity index (χ3v) is 6.01. The van der Waals surface area contributed by atoms with E-state index in [1.165, 1.54) is 22.3 Å². The fourth-order valence-electron chi connectivity index (χ4n) is 4.15. The van der Waals surface area contributed by atoms with Crippen molar-refractivity contribution in [3.05, 3.63) is 82.9 Å². The van der Waals surface area contributed by atoms with Gasteiger partial charge in [-0.1, -0.05) is 55.5 Å². The molecule has 0 saturated carbocycles. The topological polar surface area (TPSA) is 67.1 Å². The van der Waals surface area contributed by atoms with Gasteiger partial charge in [0.1, 0.15) is 12.2 Å². The Balaban J connectivity index is 1.43. The first-order chi connectivity index (χ1) is 15.2. The molecule has 1 unspecified atom stereocenters. The van der Waals surface area contributed by atoms with Gasteiger partial charge in [-0.15, -0.1) is 10.2 Å². The predicted octanol–water partition coefficient (Wildman–Crippen LogP) is 3.44. The van der Waals surface area contributed by atoms with Crippen molar-refractivity contribution in [1.29, 1.82) is 0 Å². The molecular weight excluding hydrogens is 384 g/mol. The van der Waals surface area contributed by atoms with E-state index in [0.29, 0.717) is 12.6 Å². The smallest absolute Gasteiger partial charge is 0.191 e. The molecule has 1 heterocycles. The summed E-state index contributed by atoms with van der Waals surface area (Å²) in [4.78, 5) is 4.92. The molecule has 2 aromatic carbocycles. The van der Waals surface area contributed by atoms with Crippen LogP contribution in [0.15, 0.2) is 59.9 Å². The highest BCUT2D eigenvalue weighted by atomic mass is 15.3. The summed E-state index contributed by atoms with van der Waals surface area (Å²) in [5.74, 6) is 1.89. The summed E-state index contributed by atoms with van der Waals surface area (Å²) in [6, 6.07) is 17.6. The second-order valence-corrected chi connectivity index (χ2v) is 8.16. The highest BCUT2D eigenvalue weighted by Gasteiger charge is 2.19. The van der Waals surface area contributed by atoms with Crippen LogP contribution in [-0.4, -0.2) is 33.3 Å².